The molecule has 0 spiro atoms. The molecule has 2 N–H and O–H groups in total. The molecule has 0 saturated carbocycles. The highest BCUT2D eigenvalue weighted by atomic mass is 35.5. The van der Waals surface area contributed by atoms with Crippen molar-refractivity contribution in [1.29, 1.82) is 0 Å². The predicted octanol–water partition coefficient (Wildman–Crippen LogP) is 5.07. The number of nitrogens with zero attached hydrogens (tertiary/aromatic N) is 2. The highest BCUT2D eigenvalue weighted by Crippen LogP contribution is 2.34. The number of halogens is 2. The van der Waals surface area contributed by atoms with Crippen LogP contribution in [0.3, 0.4) is 0 Å². The van der Waals surface area contributed by atoms with Crippen LogP contribution < -0.4 is 4.74 Å². The summed E-state index contributed by atoms with van der Waals surface area (Å²) in [6.07, 6.45) is 0.709. The number of benzene rings is 2. The lowest BCUT2D eigenvalue weighted by Crippen LogP contribution is -2.14. The van der Waals surface area contributed by atoms with E-state index in [9.17, 15) is 19.4 Å². The zero-order valence-electron chi connectivity index (χ0n) is 15.6. The molecule has 2 rings (SSSR count). The number of carboxylic acid groups (broad SMARTS) is 1. The van der Waals surface area contributed by atoms with Crippen molar-refractivity contribution in [1.82, 2.24) is 0 Å². The number of rotatable bonds is 6. The summed E-state index contributed by atoms with van der Waals surface area (Å²) in [5, 5.41) is 19.5. The minimum Gasteiger partial charge on any atom is -0.504 e. The summed E-state index contributed by atoms with van der Waals surface area (Å²) in [5.74, 6) is -1.79. The molecule has 0 fully saturated rings. The molecule has 6 nitrogen and oxygen atoms in total. The van der Waals surface area contributed by atoms with Gasteiger partial charge in [0.2, 0.25) is 0 Å². The number of ether oxygens (including phenoxy) is 1. The Labute approximate surface area is 167 Å². The molecule has 8 heteroatoms. The Bertz CT molecular complexity index is 944. The Balaban J connectivity index is 2.59. The molecule has 2 aromatic carbocycles. The maximum atomic E-state index is 13.2. The molecule has 1 atom stereocenters. The molecular formula is C20H20ClFN2O4. The number of carbonyl (C=O) groups is 1. The minimum atomic E-state index is -1.18. The number of aromatic hydroxyl groups is 1. The summed E-state index contributed by atoms with van der Waals surface area (Å²) >= 11 is 6.11. The molecule has 0 aromatic heterocycles. The van der Waals surface area contributed by atoms with Gasteiger partial charge < -0.3 is 14.9 Å². The SMILES string of the molecule is CCC(C)N=C(N=C(C)C(=O)O)c1cc(Cl)ccc1Oc1ccc(F)cc1O. The van der Waals surface area contributed by atoms with Crippen molar-refractivity contribution >= 4 is 29.1 Å². The summed E-state index contributed by atoms with van der Waals surface area (Å²) in [6, 6.07) is 7.86. The van der Waals surface area contributed by atoms with Gasteiger partial charge in [-0.2, -0.15) is 0 Å². The van der Waals surface area contributed by atoms with Crippen molar-refractivity contribution in [2.24, 2.45) is 9.98 Å². The van der Waals surface area contributed by atoms with Crippen LogP contribution in [0.1, 0.15) is 32.8 Å². The first-order valence-electron chi connectivity index (χ1n) is 8.54. The Hall–Kier alpha value is -2.93. The third kappa shape index (κ3) is 5.53. The van der Waals surface area contributed by atoms with Crippen LogP contribution in [0, 0.1) is 5.82 Å². The smallest absolute Gasteiger partial charge is 0.350 e. The Morgan fingerprint density at radius 1 is 1.25 bits per heavy atom. The van der Waals surface area contributed by atoms with Gasteiger partial charge in [0.05, 0.1) is 5.56 Å². The van der Waals surface area contributed by atoms with E-state index in [4.69, 9.17) is 16.3 Å². The number of hydrogen-bond acceptors (Lipinski definition) is 4. The van der Waals surface area contributed by atoms with Gasteiger partial charge in [0.1, 0.15) is 17.3 Å². The minimum absolute atomic E-state index is 0.0202. The van der Waals surface area contributed by atoms with Crippen molar-refractivity contribution < 1.29 is 24.1 Å². The van der Waals surface area contributed by atoms with Crippen molar-refractivity contribution in [3.8, 4) is 17.2 Å². The first kappa shape index (κ1) is 21.4. The van der Waals surface area contributed by atoms with Crippen LogP contribution in [0.2, 0.25) is 5.02 Å². The lowest BCUT2D eigenvalue weighted by molar-refractivity contribution is -0.129. The molecular weight excluding hydrogens is 387 g/mol. The van der Waals surface area contributed by atoms with Crippen LogP contribution in [0.5, 0.6) is 17.2 Å². The molecule has 0 aliphatic carbocycles. The second kappa shape index (κ2) is 9.32. The summed E-state index contributed by atoms with van der Waals surface area (Å²) in [7, 11) is 0. The van der Waals surface area contributed by atoms with Crippen molar-refractivity contribution in [3.63, 3.8) is 0 Å². The Morgan fingerprint density at radius 3 is 2.54 bits per heavy atom. The van der Waals surface area contributed by atoms with E-state index in [-0.39, 0.29) is 34.8 Å². The zero-order chi connectivity index (χ0) is 20.8. The second-order valence-corrected chi connectivity index (χ2v) is 6.50. The van der Waals surface area contributed by atoms with E-state index in [0.29, 0.717) is 17.0 Å². The fraction of sp³-hybridized carbons (Fsp3) is 0.250. The largest absolute Gasteiger partial charge is 0.504 e. The molecule has 0 saturated heterocycles. The first-order chi connectivity index (χ1) is 13.2. The van der Waals surface area contributed by atoms with E-state index in [1.165, 1.54) is 25.1 Å². The van der Waals surface area contributed by atoms with Crippen LogP contribution in [0.15, 0.2) is 46.4 Å². The van der Waals surface area contributed by atoms with Gasteiger partial charge in [0.25, 0.3) is 0 Å². The Kier molecular flexibility index (Phi) is 7.12. The molecule has 148 valence electrons. The molecule has 0 aliphatic heterocycles. The third-order valence-electron chi connectivity index (χ3n) is 3.84. The van der Waals surface area contributed by atoms with Crippen LogP contribution in [0.25, 0.3) is 0 Å². The normalized spacial score (nSPS) is 13.3. The molecule has 0 bridgehead atoms. The molecule has 1 unspecified atom stereocenters. The molecule has 0 heterocycles. The fourth-order valence-electron chi connectivity index (χ4n) is 2.13. The summed E-state index contributed by atoms with van der Waals surface area (Å²) in [6.45, 7) is 5.15. The molecule has 2 aromatic rings. The average Bonchev–Trinajstić information content (AvgIpc) is 2.64. The maximum Gasteiger partial charge on any atom is 0.350 e. The van der Waals surface area contributed by atoms with Crippen LogP contribution in [0.4, 0.5) is 4.39 Å². The van der Waals surface area contributed by atoms with Gasteiger partial charge in [-0.05, 0) is 50.6 Å². The van der Waals surface area contributed by atoms with E-state index in [1.807, 2.05) is 13.8 Å². The molecule has 0 amide bonds. The van der Waals surface area contributed by atoms with Gasteiger partial charge >= 0.3 is 5.97 Å². The highest BCUT2D eigenvalue weighted by Gasteiger charge is 2.16. The first-order valence-corrected chi connectivity index (χ1v) is 8.91. The number of aliphatic carboxylic acids is 1. The molecule has 28 heavy (non-hydrogen) atoms. The maximum absolute atomic E-state index is 13.2. The van der Waals surface area contributed by atoms with Gasteiger partial charge in [0.15, 0.2) is 17.3 Å². The van der Waals surface area contributed by atoms with Gasteiger partial charge in [-0.25, -0.2) is 14.2 Å². The number of aliphatic imine (C=N–C) groups is 2. The van der Waals surface area contributed by atoms with E-state index >= 15 is 0 Å². The van der Waals surface area contributed by atoms with E-state index < -0.39 is 11.8 Å². The highest BCUT2D eigenvalue weighted by molar-refractivity contribution is 6.37. The van der Waals surface area contributed by atoms with Gasteiger partial charge in [-0.3, -0.25) is 4.99 Å². The monoisotopic (exact) mass is 406 g/mol. The lowest BCUT2D eigenvalue weighted by atomic mass is 10.1. The van der Waals surface area contributed by atoms with Gasteiger partial charge in [-0.1, -0.05) is 18.5 Å². The molecule has 0 radical (unpaired) electrons. The summed E-state index contributed by atoms with van der Waals surface area (Å²) < 4.78 is 18.9. The predicted molar refractivity (Wildman–Crippen MR) is 107 cm³/mol. The van der Waals surface area contributed by atoms with Crippen LogP contribution in [-0.4, -0.2) is 33.8 Å². The average molecular weight is 407 g/mol. The van der Waals surface area contributed by atoms with E-state index in [2.05, 4.69) is 9.98 Å². The third-order valence-corrected chi connectivity index (χ3v) is 4.08. The van der Waals surface area contributed by atoms with Crippen molar-refractivity contribution in [2.45, 2.75) is 33.2 Å². The number of hydrogen-bond donors (Lipinski definition) is 2. The quantitative estimate of drug-likeness (QED) is 0.517. The van der Waals surface area contributed by atoms with Crippen molar-refractivity contribution in [2.75, 3.05) is 0 Å². The lowest BCUT2D eigenvalue weighted by Gasteiger charge is -2.14. The number of amidine groups is 1. The van der Waals surface area contributed by atoms with Crippen LogP contribution in [-0.2, 0) is 4.79 Å². The number of phenolic OH excluding ortho intramolecular Hbond substituents is 1. The zero-order valence-corrected chi connectivity index (χ0v) is 16.4. The Morgan fingerprint density at radius 2 is 1.93 bits per heavy atom. The molecule has 0 aliphatic rings. The van der Waals surface area contributed by atoms with E-state index in [0.717, 1.165) is 12.1 Å². The van der Waals surface area contributed by atoms with Crippen LogP contribution >= 0.6 is 11.6 Å². The summed E-state index contributed by atoms with van der Waals surface area (Å²) in [5.41, 5.74) is 0.190. The van der Waals surface area contributed by atoms with Gasteiger partial charge in [-0.15, -0.1) is 0 Å². The second-order valence-electron chi connectivity index (χ2n) is 6.07. The standard InChI is InChI=1S/C20H20ClFN2O4/c1-4-11(2)23-19(24-12(3)20(26)27)15-9-13(21)5-7-17(15)28-18-8-6-14(22)10-16(18)25/h5-11,25H,4H2,1-3H3,(H,26,27). The topological polar surface area (TPSA) is 91.5 Å². The summed E-state index contributed by atoms with van der Waals surface area (Å²) in [4.78, 5) is 19.8. The van der Waals surface area contributed by atoms with E-state index in [1.54, 1.807) is 6.07 Å². The number of carboxylic acids is 1. The number of phenols is 1. The van der Waals surface area contributed by atoms with Crippen molar-refractivity contribution in [3.05, 3.63) is 52.8 Å². The van der Waals surface area contributed by atoms with Gasteiger partial charge in [0, 0.05) is 17.1 Å². The fourth-order valence-corrected chi connectivity index (χ4v) is 2.30.